The van der Waals surface area contributed by atoms with Gasteiger partial charge in [-0.1, -0.05) is 72.4 Å². The van der Waals surface area contributed by atoms with Gasteiger partial charge in [-0.15, -0.1) is 0 Å². The van der Waals surface area contributed by atoms with Crippen LogP contribution in [0.2, 0.25) is 0 Å². The molecule has 2 nitrogen and oxygen atoms in total. The minimum absolute atomic E-state index is 0.154. The van der Waals surface area contributed by atoms with Crippen LogP contribution in [0, 0.1) is 17.8 Å². The zero-order chi connectivity index (χ0) is 20.0. The van der Waals surface area contributed by atoms with E-state index in [9.17, 15) is 5.11 Å². The first-order valence-corrected chi connectivity index (χ1v) is 11.3. The minimum atomic E-state index is 0.154. The monoisotopic (exact) mass is 373 g/mol. The van der Waals surface area contributed by atoms with Crippen molar-refractivity contribution >= 4 is 0 Å². The summed E-state index contributed by atoms with van der Waals surface area (Å²) in [7, 11) is 0. The van der Waals surface area contributed by atoms with Crippen LogP contribution in [0.1, 0.15) is 85.6 Å². The normalized spacial score (nSPS) is 28.8. The van der Waals surface area contributed by atoms with Crippen LogP contribution in [0.3, 0.4) is 0 Å². The molecule has 0 aliphatic carbocycles. The van der Waals surface area contributed by atoms with E-state index in [-0.39, 0.29) is 5.41 Å². The van der Waals surface area contributed by atoms with Gasteiger partial charge in [0.25, 0.3) is 0 Å². The zero-order valence-corrected chi connectivity index (χ0v) is 18.7. The van der Waals surface area contributed by atoms with Crippen molar-refractivity contribution in [3.8, 4) is 5.75 Å². The molecule has 0 spiro atoms. The SMILES string of the molecule is CCCCC(C)C(C)CN1CC(CCC)C(C)(c2cccc(O)c2)CC1C. The molecule has 0 aromatic heterocycles. The first-order valence-electron chi connectivity index (χ1n) is 11.3. The van der Waals surface area contributed by atoms with Gasteiger partial charge in [0.2, 0.25) is 0 Å². The van der Waals surface area contributed by atoms with Gasteiger partial charge in [-0.3, -0.25) is 0 Å². The Hall–Kier alpha value is -1.02. The fraction of sp³-hybridized carbons (Fsp3) is 0.760. The molecule has 1 fully saturated rings. The molecule has 2 heteroatoms. The Morgan fingerprint density at radius 3 is 2.56 bits per heavy atom. The number of hydrogen-bond acceptors (Lipinski definition) is 2. The number of piperidine rings is 1. The molecule has 0 saturated carbocycles. The van der Waals surface area contributed by atoms with Gasteiger partial charge in [-0.2, -0.15) is 0 Å². The number of hydrogen-bond donors (Lipinski definition) is 1. The summed E-state index contributed by atoms with van der Waals surface area (Å²) >= 11 is 0. The maximum absolute atomic E-state index is 10.0. The Morgan fingerprint density at radius 1 is 1.19 bits per heavy atom. The first-order chi connectivity index (χ1) is 12.8. The summed E-state index contributed by atoms with van der Waals surface area (Å²) in [6, 6.07) is 8.61. The van der Waals surface area contributed by atoms with Gasteiger partial charge in [-0.25, -0.2) is 0 Å². The van der Waals surface area contributed by atoms with E-state index in [2.05, 4.69) is 52.5 Å². The van der Waals surface area contributed by atoms with Crippen molar-refractivity contribution < 1.29 is 5.11 Å². The molecule has 1 heterocycles. The third kappa shape index (κ3) is 5.50. The number of aromatic hydroxyl groups is 1. The van der Waals surface area contributed by atoms with Gasteiger partial charge < -0.3 is 10.0 Å². The van der Waals surface area contributed by atoms with Gasteiger partial charge in [0.1, 0.15) is 5.75 Å². The maximum Gasteiger partial charge on any atom is 0.115 e. The van der Waals surface area contributed by atoms with Crippen molar-refractivity contribution in [2.75, 3.05) is 13.1 Å². The molecule has 1 N–H and O–H groups in total. The highest BCUT2D eigenvalue weighted by molar-refractivity contribution is 5.34. The van der Waals surface area contributed by atoms with Crippen LogP contribution in [0.5, 0.6) is 5.75 Å². The number of phenolic OH excluding ortho intramolecular Hbond substituents is 1. The molecule has 5 atom stereocenters. The standard InChI is InChI=1S/C25H43NO/c1-7-9-12-19(3)20(4)17-26-18-23(11-8-2)25(6,16-21(26)5)22-13-10-14-24(27)15-22/h10,13-15,19-21,23,27H,7-9,11-12,16-18H2,1-6H3. The molecule has 1 aromatic rings. The predicted octanol–water partition coefficient (Wildman–Crippen LogP) is 6.62. The van der Waals surface area contributed by atoms with E-state index < -0.39 is 0 Å². The quantitative estimate of drug-likeness (QED) is 0.525. The van der Waals surface area contributed by atoms with Crippen LogP contribution < -0.4 is 0 Å². The van der Waals surface area contributed by atoms with Crippen molar-refractivity contribution in [1.82, 2.24) is 4.90 Å². The zero-order valence-electron chi connectivity index (χ0n) is 18.7. The third-order valence-electron chi connectivity index (χ3n) is 7.35. The molecule has 1 aliphatic rings. The van der Waals surface area contributed by atoms with Gasteiger partial charge >= 0.3 is 0 Å². The second kappa shape index (κ2) is 9.96. The van der Waals surface area contributed by atoms with E-state index >= 15 is 0 Å². The molecule has 0 bridgehead atoms. The van der Waals surface area contributed by atoms with E-state index in [1.807, 2.05) is 12.1 Å². The van der Waals surface area contributed by atoms with Gasteiger partial charge in [0, 0.05) is 19.1 Å². The summed E-state index contributed by atoms with van der Waals surface area (Å²) in [6.45, 7) is 16.7. The molecule has 5 unspecified atom stereocenters. The summed E-state index contributed by atoms with van der Waals surface area (Å²) in [6.07, 6.45) is 7.68. The average molecular weight is 374 g/mol. The molecule has 0 amide bonds. The van der Waals surface area contributed by atoms with Gasteiger partial charge in [-0.05, 0) is 60.6 Å². The maximum atomic E-state index is 10.0. The van der Waals surface area contributed by atoms with Crippen LogP contribution in [0.25, 0.3) is 0 Å². The number of phenols is 1. The number of benzene rings is 1. The van der Waals surface area contributed by atoms with Crippen molar-refractivity contribution in [2.45, 2.75) is 91.5 Å². The number of nitrogens with zero attached hydrogens (tertiary/aromatic N) is 1. The molecule has 27 heavy (non-hydrogen) atoms. The smallest absolute Gasteiger partial charge is 0.115 e. The van der Waals surface area contributed by atoms with E-state index in [4.69, 9.17) is 0 Å². The lowest BCUT2D eigenvalue weighted by Gasteiger charge is -2.51. The molecule has 0 radical (unpaired) electrons. The Kier molecular flexibility index (Phi) is 8.21. The molecular weight excluding hydrogens is 330 g/mol. The lowest BCUT2D eigenvalue weighted by atomic mass is 9.64. The fourth-order valence-electron chi connectivity index (χ4n) is 5.16. The highest BCUT2D eigenvalue weighted by atomic mass is 16.3. The van der Waals surface area contributed by atoms with Crippen molar-refractivity contribution in [2.24, 2.45) is 17.8 Å². The van der Waals surface area contributed by atoms with Crippen LogP contribution in [0.4, 0.5) is 0 Å². The number of likely N-dealkylation sites (tertiary alicyclic amines) is 1. The van der Waals surface area contributed by atoms with Gasteiger partial charge in [0.15, 0.2) is 0 Å². The fourth-order valence-corrected chi connectivity index (χ4v) is 5.16. The van der Waals surface area contributed by atoms with Crippen molar-refractivity contribution in [1.29, 1.82) is 0 Å². The Bertz CT molecular complexity index is 571. The van der Waals surface area contributed by atoms with Crippen LogP contribution >= 0.6 is 0 Å². The highest BCUT2D eigenvalue weighted by Gasteiger charge is 2.43. The van der Waals surface area contributed by atoms with E-state index in [0.717, 1.165) is 11.8 Å². The second-order valence-corrected chi connectivity index (χ2v) is 9.56. The van der Waals surface area contributed by atoms with Crippen molar-refractivity contribution in [3.63, 3.8) is 0 Å². The average Bonchev–Trinajstić information content (AvgIpc) is 2.63. The summed E-state index contributed by atoms with van der Waals surface area (Å²) in [4.78, 5) is 2.76. The highest BCUT2D eigenvalue weighted by Crippen LogP contribution is 2.45. The van der Waals surface area contributed by atoms with Crippen LogP contribution in [0.15, 0.2) is 24.3 Å². The summed E-state index contributed by atoms with van der Waals surface area (Å²) < 4.78 is 0. The molecule has 154 valence electrons. The largest absolute Gasteiger partial charge is 0.508 e. The Morgan fingerprint density at radius 2 is 1.93 bits per heavy atom. The third-order valence-corrected chi connectivity index (χ3v) is 7.35. The lowest BCUT2D eigenvalue weighted by Crippen LogP contribution is -2.53. The molecule has 1 aromatic carbocycles. The van der Waals surface area contributed by atoms with E-state index in [0.29, 0.717) is 17.7 Å². The lowest BCUT2D eigenvalue weighted by molar-refractivity contribution is 0.0342. The Labute approximate surface area is 168 Å². The molecule has 1 aliphatic heterocycles. The minimum Gasteiger partial charge on any atom is -0.508 e. The van der Waals surface area contributed by atoms with E-state index in [1.54, 1.807) is 6.07 Å². The first kappa shape index (κ1) is 22.3. The predicted molar refractivity (Wildman–Crippen MR) is 117 cm³/mol. The number of rotatable bonds is 9. The molecular formula is C25H43NO. The summed E-state index contributed by atoms with van der Waals surface area (Å²) in [5.74, 6) is 2.61. The summed E-state index contributed by atoms with van der Waals surface area (Å²) in [5.41, 5.74) is 1.47. The van der Waals surface area contributed by atoms with Crippen LogP contribution in [-0.2, 0) is 5.41 Å². The number of unbranched alkanes of at least 4 members (excludes halogenated alkanes) is 1. The second-order valence-electron chi connectivity index (χ2n) is 9.56. The van der Waals surface area contributed by atoms with Gasteiger partial charge in [0.05, 0.1) is 0 Å². The Balaban J connectivity index is 2.14. The molecule has 2 rings (SSSR count). The summed E-state index contributed by atoms with van der Waals surface area (Å²) in [5, 5.41) is 10.0. The van der Waals surface area contributed by atoms with Crippen LogP contribution in [-0.4, -0.2) is 29.1 Å². The molecule has 1 saturated heterocycles. The van der Waals surface area contributed by atoms with Crippen molar-refractivity contribution in [3.05, 3.63) is 29.8 Å². The van der Waals surface area contributed by atoms with E-state index in [1.165, 1.54) is 57.2 Å². The topological polar surface area (TPSA) is 23.5 Å².